The van der Waals surface area contributed by atoms with Gasteiger partial charge in [-0.05, 0) is 54.6 Å². The number of rotatable bonds is 8. The van der Waals surface area contributed by atoms with Gasteiger partial charge in [0.1, 0.15) is 0 Å². The Morgan fingerprint density at radius 2 is 1.61 bits per heavy atom. The molecule has 160 valence electrons. The maximum Gasteiger partial charge on any atom is 0.255 e. The van der Waals surface area contributed by atoms with Crippen molar-refractivity contribution < 1.29 is 19.1 Å². The Hall–Kier alpha value is -2.67. The van der Waals surface area contributed by atoms with E-state index in [9.17, 15) is 9.59 Å². The third kappa shape index (κ3) is 5.94. The van der Waals surface area contributed by atoms with Crippen molar-refractivity contribution in [1.82, 2.24) is 0 Å². The van der Waals surface area contributed by atoms with E-state index in [2.05, 4.69) is 5.32 Å². The highest BCUT2D eigenvalue weighted by Crippen LogP contribution is 2.29. The zero-order chi connectivity index (χ0) is 22.4. The number of carbonyl (C=O) groups is 2. The number of amides is 1. The van der Waals surface area contributed by atoms with Crippen LogP contribution in [0.15, 0.2) is 65.6 Å². The van der Waals surface area contributed by atoms with Crippen molar-refractivity contribution in [3.8, 4) is 11.5 Å². The molecule has 0 bridgehead atoms. The molecule has 8 heteroatoms. The zero-order valence-corrected chi connectivity index (χ0v) is 19.1. The predicted octanol–water partition coefficient (Wildman–Crippen LogP) is 6.24. The Balaban J connectivity index is 1.65. The molecule has 0 aliphatic carbocycles. The first-order valence-electron chi connectivity index (χ1n) is 9.15. The molecule has 3 rings (SSSR count). The molecule has 0 saturated heterocycles. The summed E-state index contributed by atoms with van der Waals surface area (Å²) in [4.78, 5) is 25.9. The van der Waals surface area contributed by atoms with Crippen LogP contribution >= 0.6 is 35.0 Å². The number of ether oxygens (including phenoxy) is 2. The molecule has 31 heavy (non-hydrogen) atoms. The highest BCUT2D eigenvalue weighted by atomic mass is 35.5. The Bertz CT molecular complexity index is 1120. The molecular weight excluding hydrogens is 457 g/mol. The minimum atomic E-state index is -0.282. The molecule has 1 N–H and O–H groups in total. The number of thioether (sulfide) groups is 1. The average molecular weight is 476 g/mol. The van der Waals surface area contributed by atoms with Crippen LogP contribution in [-0.4, -0.2) is 31.7 Å². The number of hydrogen-bond donors (Lipinski definition) is 1. The summed E-state index contributed by atoms with van der Waals surface area (Å²) in [6.45, 7) is 0. The molecule has 1 amide bonds. The van der Waals surface area contributed by atoms with E-state index < -0.39 is 0 Å². The van der Waals surface area contributed by atoms with Crippen LogP contribution in [0.5, 0.6) is 11.5 Å². The van der Waals surface area contributed by atoms with Crippen LogP contribution in [0.3, 0.4) is 0 Å². The number of hydrogen-bond acceptors (Lipinski definition) is 5. The van der Waals surface area contributed by atoms with E-state index in [-0.39, 0.29) is 17.4 Å². The minimum Gasteiger partial charge on any atom is -0.493 e. The van der Waals surface area contributed by atoms with Gasteiger partial charge in [-0.2, -0.15) is 0 Å². The summed E-state index contributed by atoms with van der Waals surface area (Å²) in [5, 5.41) is 3.61. The topological polar surface area (TPSA) is 64.6 Å². The van der Waals surface area contributed by atoms with Crippen LogP contribution in [0.4, 0.5) is 5.69 Å². The number of Topliss-reactive ketones (excluding diaryl/α,β-unsaturated/α-hetero) is 1. The molecule has 0 spiro atoms. The number of halogens is 2. The van der Waals surface area contributed by atoms with Crippen LogP contribution in [0, 0.1) is 0 Å². The van der Waals surface area contributed by atoms with Crippen LogP contribution < -0.4 is 14.8 Å². The minimum absolute atomic E-state index is 0.0664. The molecule has 3 aromatic rings. The monoisotopic (exact) mass is 475 g/mol. The summed E-state index contributed by atoms with van der Waals surface area (Å²) in [6, 6.07) is 17.0. The number of carbonyl (C=O) groups excluding carboxylic acids is 2. The van der Waals surface area contributed by atoms with Gasteiger partial charge in [0, 0.05) is 21.7 Å². The van der Waals surface area contributed by atoms with Gasteiger partial charge < -0.3 is 14.8 Å². The highest BCUT2D eigenvalue weighted by molar-refractivity contribution is 8.00. The molecule has 0 heterocycles. The molecule has 0 atom stereocenters. The third-order valence-electron chi connectivity index (χ3n) is 4.35. The number of benzene rings is 3. The Morgan fingerprint density at radius 1 is 0.871 bits per heavy atom. The van der Waals surface area contributed by atoms with Crippen LogP contribution in [-0.2, 0) is 0 Å². The van der Waals surface area contributed by atoms with E-state index in [0.717, 1.165) is 4.90 Å². The summed E-state index contributed by atoms with van der Waals surface area (Å²) in [6.07, 6.45) is 0. The number of nitrogens with one attached hydrogen (secondary N) is 1. The van der Waals surface area contributed by atoms with Gasteiger partial charge in [-0.1, -0.05) is 29.3 Å². The van der Waals surface area contributed by atoms with E-state index in [4.69, 9.17) is 32.7 Å². The summed E-state index contributed by atoms with van der Waals surface area (Å²) in [7, 11) is 3.05. The van der Waals surface area contributed by atoms with E-state index in [0.29, 0.717) is 38.4 Å². The van der Waals surface area contributed by atoms with Crippen LogP contribution in [0.1, 0.15) is 20.7 Å². The maximum atomic E-state index is 12.6. The molecule has 0 fully saturated rings. The van der Waals surface area contributed by atoms with Gasteiger partial charge >= 0.3 is 0 Å². The van der Waals surface area contributed by atoms with Crippen LogP contribution in [0.2, 0.25) is 10.0 Å². The molecular formula is C23H19Cl2NO4S. The third-order valence-corrected chi connectivity index (χ3v) is 6.08. The van der Waals surface area contributed by atoms with Crippen molar-refractivity contribution in [2.75, 3.05) is 25.3 Å². The fourth-order valence-corrected chi connectivity index (χ4v) is 3.89. The first-order valence-corrected chi connectivity index (χ1v) is 10.9. The van der Waals surface area contributed by atoms with Crippen molar-refractivity contribution in [2.24, 2.45) is 0 Å². The van der Waals surface area contributed by atoms with Gasteiger partial charge in [0.2, 0.25) is 0 Å². The van der Waals surface area contributed by atoms with E-state index in [1.165, 1.54) is 26.0 Å². The van der Waals surface area contributed by atoms with Gasteiger partial charge in [-0.15, -0.1) is 11.8 Å². The lowest BCUT2D eigenvalue weighted by Gasteiger charge is -2.11. The van der Waals surface area contributed by atoms with E-state index in [1.807, 2.05) is 18.2 Å². The summed E-state index contributed by atoms with van der Waals surface area (Å²) < 4.78 is 10.4. The highest BCUT2D eigenvalue weighted by Gasteiger charge is 2.12. The van der Waals surface area contributed by atoms with E-state index >= 15 is 0 Å². The fourth-order valence-electron chi connectivity index (χ4n) is 2.75. The zero-order valence-electron chi connectivity index (χ0n) is 16.8. The standard InChI is InChI=1S/C23H19Cl2NO4S/c1-29-21-9-7-15(11-22(21)30-2)23(28)26-16-4-3-5-17(12-16)31-13-20(27)14-6-8-18(24)19(25)10-14/h3-12H,13H2,1-2H3,(H,26,28). The molecule has 0 aliphatic heterocycles. The number of ketones is 1. The van der Waals surface area contributed by atoms with Crippen molar-refractivity contribution in [1.29, 1.82) is 0 Å². The van der Waals surface area contributed by atoms with E-state index in [1.54, 1.807) is 42.5 Å². The molecule has 5 nitrogen and oxygen atoms in total. The summed E-state index contributed by atoms with van der Waals surface area (Å²) in [5.41, 5.74) is 1.55. The second-order valence-corrected chi connectivity index (χ2v) is 8.26. The maximum absolute atomic E-state index is 12.6. The summed E-state index contributed by atoms with van der Waals surface area (Å²) >= 11 is 13.3. The lowest BCUT2D eigenvalue weighted by atomic mass is 10.1. The second-order valence-electron chi connectivity index (χ2n) is 6.39. The largest absolute Gasteiger partial charge is 0.493 e. The van der Waals surface area contributed by atoms with Crippen LogP contribution in [0.25, 0.3) is 0 Å². The van der Waals surface area contributed by atoms with Gasteiger partial charge in [0.25, 0.3) is 5.91 Å². The Morgan fingerprint density at radius 3 is 2.32 bits per heavy atom. The molecule has 3 aromatic carbocycles. The molecule has 0 unspecified atom stereocenters. The normalized spacial score (nSPS) is 10.5. The Kier molecular flexibility index (Phi) is 7.85. The van der Waals surface area contributed by atoms with Gasteiger partial charge in [-0.25, -0.2) is 0 Å². The molecule has 0 saturated carbocycles. The molecule has 0 aromatic heterocycles. The van der Waals surface area contributed by atoms with Gasteiger partial charge in [0.15, 0.2) is 17.3 Å². The predicted molar refractivity (Wildman–Crippen MR) is 125 cm³/mol. The summed E-state index contributed by atoms with van der Waals surface area (Å²) in [5.74, 6) is 0.896. The lowest BCUT2D eigenvalue weighted by molar-refractivity contribution is 0.101. The molecule has 0 aliphatic rings. The SMILES string of the molecule is COc1ccc(C(=O)Nc2cccc(SCC(=O)c3ccc(Cl)c(Cl)c3)c2)cc1OC. The average Bonchev–Trinajstić information content (AvgIpc) is 2.79. The number of anilines is 1. The quantitative estimate of drug-likeness (QED) is 0.308. The lowest BCUT2D eigenvalue weighted by Crippen LogP contribution is -2.12. The first-order chi connectivity index (χ1) is 14.9. The fraction of sp³-hybridized carbons (Fsp3) is 0.130. The van der Waals surface area contributed by atoms with Crippen molar-refractivity contribution in [3.63, 3.8) is 0 Å². The van der Waals surface area contributed by atoms with Crippen molar-refractivity contribution >= 4 is 52.3 Å². The van der Waals surface area contributed by atoms with Crippen molar-refractivity contribution in [2.45, 2.75) is 4.90 Å². The molecule has 0 radical (unpaired) electrons. The van der Waals surface area contributed by atoms with Gasteiger partial charge in [-0.3, -0.25) is 9.59 Å². The van der Waals surface area contributed by atoms with Crippen molar-refractivity contribution in [3.05, 3.63) is 81.8 Å². The smallest absolute Gasteiger partial charge is 0.255 e. The first kappa shape index (κ1) is 23.0. The Labute approximate surface area is 194 Å². The number of methoxy groups -OCH3 is 2. The van der Waals surface area contributed by atoms with Gasteiger partial charge in [0.05, 0.1) is 30.0 Å². The second kappa shape index (κ2) is 10.6.